The van der Waals surface area contributed by atoms with Crippen LogP contribution < -0.4 is 5.32 Å². The number of carboxylic acids is 1. The standard InChI is InChI=1S/C14H16F3NO2/c1-13(5-2-6-13)8-18-9-3-4-10(12(19)20)11(7-9)14(15,16)17/h3-4,7,18H,2,5-6,8H2,1H3,(H,19,20). The molecule has 0 heterocycles. The molecule has 1 aliphatic rings. The number of rotatable bonds is 4. The minimum Gasteiger partial charge on any atom is -0.478 e. The molecule has 1 aromatic rings. The van der Waals surface area contributed by atoms with E-state index in [0.29, 0.717) is 12.2 Å². The van der Waals surface area contributed by atoms with E-state index in [4.69, 9.17) is 5.11 Å². The highest BCUT2D eigenvalue weighted by molar-refractivity contribution is 5.90. The summed E-state index contributed by atoms with van der Waals surface area (Å²) in [7, 11) is 0. The molecule has 0 aliphatic heterocycles. The summed E-state index contributed by atoms with van der Waals surface area (Å²) < 4.78 is 38.5. The first-order valence-corrected chi connectivity index (χ1v) is 6.40. The van der Waals surface area contributed by atoms with Gasteiger partial charge in [0.15, 0.2) is 0 Å². The molecule has 1 saturated carbocycles. The molecule has 0 spiro atoms. The maximum Gasteiger partial charge on any atom is 0.417 e. The Morgan fingerprint density at radius 2 is 2.05 bits per heavy atom. The van der Waals surface area contributed by atoms with Crippen molar-refractivity contribution in [3.05, 3.63) is 29.3 Å². The zero-order valence-corrected chi connectivity index (χ0v) is 11.0. The Morgan fingerprint density at radius 3 is 2.50 bits per heavy atom. The fraction of sp³-hybridized carbons (Fsp3) is 0.500. The Morgan fingerprint density at radius 1 is 1.40 bits per heavy atom. The molecule has 0 radical (unpaired) electrons. The highest BCUT2D eigenvalue weighted by atomic mass is 19.4. The highest BCUT2D eigenvalue weighted by Gasteiger charge is 2.36. The average molecular weight is 287 g/mol. The topological polar surface area (TPSA) is 49.3 Å². The molecule has 1 aliphatic carbocycles. The van der Waals surface area contributed by atoms with Gasteiger partial charge in [-0.2, -0.15) is 13.2 Å². The summed E-state index contributed by atoms with van der Waals surface area (Å²) in [5, 5.41) is 11.8. The van der Waals surface area contributed by atoms with E-state index in [2.05, 4.69) is 12.2 Å². The lowest BCUT2D eigenvalue weighted by Crippen LogP contribution is -2.33. The van der Waals surface area contributed by atoms with Crippen molar-refractivity contribution in [1.29, 1.82) is 0 Å². The van der Waals surface area contributed by atoms with Crippen molar-refractivity contribution in [2.75, 3.05) is 11.9 Å². The van der Waals surface area contributed by atoms with E-state index in [1.54, 1.807) is 0 Å². The predicted molar refractivity (Wildman–Crippen MR) is 68.9 cm³/mol. The SMILES string of the molecule is CC1(CNc2ccc(C(=O)O)c(C(F)(F)F)c2)CCC1. The zero-order valence-electron chi connectivity index (χ0n) is 11.0. The molecule has 6 heteroatoms. The van der Waals surface area contributed by atoms with Crippen molar-refractivity contribution in [2.45, 2.75) is 32.4 Å². The molecular formula is C14H16F3NO2. The van der Waals surface area contributed by atoms with Crippen LogP contribution in [0.2, 0.25) is 0 Å². The van der Waals surface area contributed by atoms with E-state index < -0.39 is 23.3 Å². The van der Waals surface area contributed by atoms with E-state index in [-0.39, 0.29) is 5.41 Å². The first-order chi connectivity index (χ1) is 9.21. The number of benzene rings is 1. The van der Waals surface area contributed by atoms with E-state index in [1.807, 2.05) is 0 Å². The van der Waals surface area contributed by atoms with Gasteiger partial charge in [-0.3, -0.25) is 0 Å². The Hall–Kier alpha value is -1.72. The fourth-order valence-corrected chi connectivity index (χ4v) is 2.35. The number of anilines is 1. The summed E-state index contributed by atoms with van der Waals surface area (Å²) in [6.45, 7) is 2.68. The summed E-state index contributed by atoms with van der Waals surface area (Å²) in [6, 6.07) is 3.24. The monoisotopic (exact) mass is 287 g/mol. The lowest BCUT2D eigenvalue weighted by atomic mass is 9.70. The van der Waals surface area contributed by atoms with E-state index in [1.165, 1.54) is 6.07 Å². The number of carbonyl (C=O) groups is 1. The van der Waals surface area contributed by atoms with Gasteiger partial charge in [0.25, 0.3) is 0 Å². The summed E-state index contributed by atoms with van der Waals surface area (Å²) in [5.41, 5.74) is -1.41. The summed E-state index contributed by atoms with van der Waals surface area (Å²) in [5.74, 6) is -1.57. The number of halogens is 3. The largest absolute Gasteiger partial charge is 0.478 e. The van der Waals surface area contributed by atoms with Gasteiger partial charge in [0, 0.05) is 12.2 Å². The lowest BCUT2D eigenvalue weighted by Gasteiger charge is -2.38. The van der Waals surface area contributed by atoms with E-state index >= 15 is 0 Å². The molecule has 1 fully saturated rings. The third-order valence-electron chi connectivity index (χ3n) is 3.84. The van der Waals surface area contributed by atoms with Crippen LogP contribution in [0.3, 0.4) is 0 Å². The first kappa shape index (κ1) is 14.7. The molecule has 0 amide bonds. The van der Waals surface area contributed by atoms with Crippen molar-refractivity contribution in [1.82, 2.24) is 0 Å². The van der Waals surface area contributed by atoms with Gasteiger partial charge in [0.05, 0.1) is 11.1 Å². The smallest absolute Gasteiger partial charge is 0.417 e. The van der Waals surface area contributed by atoms with Gasteiger partial charge in [-0.1, -0.05) is 13.3 Å². The van der Waals surface area contributed by atoms with Crippen molar-refractivity contribution in [2.24, 2.45) is 5.41 Å². The van der Waals surface area contributed by atoms with Crippen LogP contribution in [0.1, 0.15) is 42.1 Å². The molecule has 2 rings (SSSR count). The van der Waals surface area contributed by atoms with Crippen LogP contribution in [0.5, 0.6) is 0 Å². The summed E-state index contributed by atoms with van der Waals surface area (Å²) >= 11 is 0. The number of hydrogen-bond acceptors (Lipinski definition) is 2. The van der Waals surface area contributed by atoms with Gasteiger partial charge in [-0.15, -0.1) is 0 Å². The Kier molecular flexibility index (Phi) is 3.67. The van der Waals surface area contributed by atoms with Crippen molar-refractivity contribution in [3.63, 3.8) is 0 Å². The molecule has 1 aromatic carbocycles. The molecule has 0 unspecified atom stereocenters. The molecule has 3 nitrogen and oxygen atoms in total. The fourth-order valence-electron chi connectivity index (χ4n) is 2.35. The summed E-state index contributed by atoms with van der Waals surface area (Å²) in [4.78, 5) is 10.8. The molecule has 0 saturated heterocycles. The Balaban J connectivity index is 2.21. The normalized spacial score (nSPS) is 17.4. The van der Waals surface area contributed by atoms with Gasteiger partial charge >= 0.3 is 12.1 Å². The minimum atomic E-state index is -4.67. The number of hydrogen-bond donors (Lipinski definition) is 2. The third kappa shape index (κ3) is 3.05. The van der Waals surface area contributed by atoms with Crippen LogP contribution in [0.25, 0.3) is 0 Å². The number of aromatic carboxylic acids is 1. The zero-order chi connectivity index (χ0) is 15.0. The van der Waals surface area contributed by atoms with Crippen LogP contribution in [0, 0.1) is 5.41 Å². The van der Waals surface area contributed by atoms with Crippen LogP contribution in [0.15, 0.2) is 18.2 Å². The van der Waals surface area contributed by atoms with Crippen molar-refractivity contribution in [3.8, 4) is 0 Å². The minimum absolute atomic E-state index is 0.129. The van der Waals surface area contributed by atoms with Crippen LogP contribution >= 0.6 is 0 Å². The predicted octanol–water partition coefficient (Wildman–Crippen LogP) is 4.01. The summed E-state index contributed by atoms with van der Waals surface area (Å²) in [6.07, 6.45) is -1.42. The van der Waals surface area contributed by atoms with Gasteiger partial charge in [0.1, 0.15) is 0 Å². The van der Waals surface area contributed by atoms with Gasteiger partial charge in [0.2, 0.25) is 0 Å². The van der Waals surface area contributed by atoms with Crippen molar-refractivity contribution < 1.29 is 23.1 Å². The Bertz CT molecular complexity index is 522. The highest BCUT2D eigenvalue weighted by Crippen LogP contribution is 2.40. The number of alkyl halides is 3. The maximum absolute atomic E-state index is 12.8. The maximum atomic E-state index is 12.8. The van der Waals surface area contributed by atoms with Gasteiger partial charge < -0.3 is 10.4 Å². The van der Waals surface area contributed by atoms with Crippen molar-refractivity contribution >= 4 is 11.7 Å². The first-order valence-electron chi connectivity index (χ1n) is 6.40. The molecule has 0 bridgehead atoms. The molecule has 20 heavy (non-hydrogen) atoms. The van der Waals surface area contributed by atoms with Gasteiger partial charge in [-0.25, -0.2) is 4.79 Å². The van der Waals surface area contributed by atoms with Crippen LogP contribution in [0.4, 0.5) is 18.9 Å². The van der Waals surface area contributed by atoms with Crippen LogP contribution in [-0.2, 0) is 6.18 Å². The van der Waals surface area contributed by atoms with Gasteiger partial charge in [-0.05, 0) is 36.5 Å². The van der Waals surface area contributed by atoms with E-state index in [0.717, 1.165) is 31.4 Å². The number of carboxylic acid groups (broad SMARTS) is 1. The van der Waals surface area contributed by atoms with Crippen LogP contribution in [-0.4, -0.2) is 17.6 Å². The average Bonchev–Trinajstić information content (AvgIpc) is 2.32. The quantitative estimate of drug-likeness (QED) is 0.879. The Labute approximate surface area is 114 Å². The number of nitrogens with one attached hydrogen (secondary N) is 1. The van der Waals surface area contributed by atoms with E-state index in [9.17, 15) is 18.0 Å². The molecule has 0 aromatic heterocycles. The third-order valence-corrected chi connectivity index (χ3v) is 3.84. The molecule has 0 atom stereocenters. The lowest BCUT2D eigenvalue weighted by molar-refractivity contribution is -0.138. The molecular weight excluding hydrogens is 271 g/mol. The molecule has 2 N–H and O–H groups in total. The second-order valence-electron chi connectivity index (χ2n) is 5.58. The molecule has 110 valence electrons. The second-order valence-corrected chi connectivity index (χ2v) is 5.58. The second kappa shape index (κ2) is 5.00.